The molecule has 1 aliphatic rings. The molecule has 1 saturated heterocycles. The van der Waals surface area contributed by atoms with Gasteiger partial charge in [-0.25, -0.2) is 4.98 Å². The SMILES string of the molecule is CCCC1(c2nc3ccc(Br)cc3[nH]2)CCNC1. The van der Waals surface area contributed by atoms with Crippen LogP contribution in [-0.4, -0.2) is 23.1 Å². The van der Waals surface area contributed by atoms with Crippen LogP contribution in [0.1, 0.15) is 32.0 Å². The van der Waals surface area contributed by atoms with E-state index in [9.17, 15) is 0 Å². The molecule has 0 radical (unpaired) electrons. The van der Waals surface area contributed by atoms with E-state index in [4.69, 9.17) is 4.98 Å². The third kappa shape index (κ3) is 1.97. The summed E-state index contributed by atoms with van der Waals surface area (Å²) in [6.07, 6.45) is 3.57. The van der Waals surface area contributed by atoms with Gasteiger partial charge in [0.2, 0.25) is 0 Å². The fraction of sp³-hybridized carbons (Fsp3) is 0.500. The largest absolute Gasteiger partial charge is 0.341 e. The quantitative estimate of drug-likeness (QED) is 0.913. The number of aromatic amines is 1. The van der Waals surface area contributed by atoms with Crippen LogP contribution in [0.15, 0.2) is 22.7 Å². The maximum Gasteiger partial charge on any atom is 0.114 e. The topological polar surface area (TPSA) is 40.7 Å². The number of H-pyrrole nitrogens is 1. The van der Waals surface area contributed by atoms with Crippen LogP contribution in [0.4, 0.5) is 0 Å². The van der Waals surface area contributed by atoms with Crippen LogP contribution in [0.2, 0.25) is 0 Å². The lowest BCUT2D eigenvalue weighted by molar-refractivity contribution is 0.406. The van der Waals surface area contributed by atoms with Crippen molar-refractivity contribution in [1.29, 1.82) is 0 Å². The lowest BCUT2D eigenvalue weighted by Gasteiger charge is -2.25. The van der Waals surface area contributed by atoms with Crippen molar-refractivity contribution in [3.63, 3.8) is 0 Å². The summed E-state index contributed by atoms with van der Waals surface area (Å²) in [6.45, 7) is 4.39. The number of fused-ring (bicyclic) bond motifs is 1. The Bertz CT molecular complexity index is 555. The second-order valence-corrected chi connectivity index (χ2v) is 6.12. The predicted octanol–water partition coefficient (Wildman–Crippen LogP) is 3.36. The van der Waals surface area contributed by atoms with E-state index in [-0.39, 0.29) is 5.41 Å². The molecule has 1 atom stereocenters. The van der Waals surface area contributed by atoms with Gasteiger partial charge in [0.05, 0.1) is 11.0 Å². The molecule has 0 saturated carbocycles. The lowest BCUT2D eigenvalue weighted by Crippen LogP contribution is -2.30. The van der Waals surface area contributed by atoms with E-state index in [1.165, 1.54) is 19.3 Å². The molecule has 18 heavy (non-hydrogen) atoms. The number of nitrogens with one attached hydrogen (secondary N) is 2. The Balaban J connectivity index is 2.06. The van der Waals surface area contributed by atoms with Gasteiger partial charge in [-0.2, -0.15) is 0 Å². The van der Waals surface area contributed by atoms with Gasteiger partial charge in [0.15, 0.2) is 0 Å². The molecule has 0 amide bonds. The van der Waals surface area contributed by atoms with Crippen LogP contribution in [0.5, 0.6) is 0 Å². The first-order valence-electron chi connectivity index (χ1n) is 6.60. The zero-order chi connectivity index (χ0) is 12.6. The second kappa shape index (κ2) is 4.67. The van der Waals surface area contributed by atoms with Gasteiger partial charge in [-0.05, 0) is 37.6 Å². The first-order valence-corrected chi connectivity index (χ1v) is 7.39. The van der Waals surface area contributed by atoms with Gasteiger partial charge in [0.25, 0.3) is 0 Å². The summed E-state index contributed by atoms with van der Waals surface area (Å²) in [5, 5.41) is 3.48. The molecule has 2 aromatic rings. The molecule has 3 nitrogen and oxygen atoms in total. The minimum absolute atomic E-state index is 0.209. The van der Waals surface area contributed by atoms with Crippen molar-refractivity contribution in [2.45, 2.75) is 31.6 Å². The van der Waals surface area contributed by atoms with E-state index in [0.717, 1.165) is 34.4 Å². The van der Waals surface area contributed by atoms with E-state index in [1.54, 1.807) is 0 Å². The van der Waals surface area contributed by atoms with Crippen LogP contribution >= 0.6 is 15.9 Å². The standard InChI is InChI=1S/C14H18BrN3/c1-2-5-14(6-7-16-9-14)13-17-11-4-3-10(15)8-12(11)18-13/h3-4,8,16H,2,5-7,9H2,1H3,(H,17,18). The minimum atomic E-state index is 0.209. The van der Waals surface area contributed by atoms with Crippen LogP contribution in [0.3, 0.4) is 0 Å². The van der Waals surface area contributed by atoms with Crippen molar-refractivity contribution in [1.82, 2.24) is 15.3 Å². The van der Waals surface area contributed by atoms with E-state index in [2.05, 4.69) is 45.3 Å². The Morgan fingerprint density at radius 2 is 2.33 bits per heavy atom. The molecule has 2 N–H and O–H groups in total. The Morgan fingerprint density at radius 3 is 3.06 bits per heavy atom. The molecular weight excluding hydrogens is 290 g/mol. The number of benzene rings is 1. The second-order valence-electron chi connectivity index (χ2n) is 5.20. The molecule has 3 rings (SSSR count). The van der Waals surface area contributed by atoms with E-state index >= 15 is 0 Å². The summed E-state index contributed by atoms with van der Waals surface area (Å²) in [6, 6.07) is 6.22. The average molecular weight is 308 g/mol. The van der Waals surface area contributed by atoms with E-state index in [0.29, 0.717) is 0 Å². The number of hydrogen-bond acceptors (Lipinski definition) is 2. The van der Waals surface area contributed by atoms with Crippen LogP contribution in [0, 0.1) is 0 Å². The van der Waals surface area contributed by atoms with Crippen molar-refractivity contribution in [3.8, 4) is 0 Å². The molecular formula is C14H18BrN3. The summed E-state index contributed by atoms with van der Waals surface area (Å²) in [5.41, 5.74) is 2.40. The summed E-state index contributed by atoms with van der Waals surface area (Å²) in [4.78, 5) is 8.33. The highest BCUT2D eigenvalue weighted by Crippen LogP contribution is 2.34. The van der Waals surface area contributed by atoms with E-state index < -0.39 is 0 Å². The van der Waals surface area contributed by atoms with Crippen LogP contribution < -0.4 is 5.32 Å². The van der Waals surface area contributed by atoms with Crippen molar-refractivity contribution < 1.29 is 0 Å². The lowest BCUT2D eigenvalue weighted by atomic mass is 9.82. The first kappa shape index (κ1) is 12.2. The van der Waals surface area contributed by atoms with Crippen molar-refractivity contribution in [3.05, 3.63) is 28.5 Å². The van der Waals surface area contributed by atoms with Gasteiger partial charge in [-0.1, -0.05) is 29.3 Å². The average Bonchev–Trinajstić information content (AvgIpc) is 2.95. The number of rotatable bonds is 3. The smallest absolute Gasteiger partial charge is 0.114 e. The molecule has 0 bridgehead atoms. The fourth-order valence-corrected chi connectivity index (χ4v) is 3.35. The summed E-state index contributed by atoms with van der Waals surface area (Å²) >= 11 is 3.51. The molecule has 1 aromatic heterocycles. The maximum absolute atomic E-state index is 4.81. The monoisotopic (exact) mass is 307 g/mol. The van der Waals surface area contributed by atoms with Gasteiger partial charge >= 0.3 is 0 Å². The zero-order valence-corrected chi connectivity index (χ0v) is 12.2. The zero-order valence-electron chi connectivity index (χ0n) is 10.6. The molecule has 0 spiro atoms. The number of nitrogens with zero attached hydrogens (tertiary/aromatic N) is 1. The van der Waals surface area contributed by atoms with Crippen molar-refractivity contribution in [2.24, 2.45) is 0 Å². The Labute approximate surface area is 116 Å². The maximum atomic E-state index is 4.81. The van der Waals surface area contributed by atoms with Crippen molar-refractivity contribution in [2.75, 3.05) is 13.1 Å². The van der Waals surface area contributed by atoms with Crippen LogP contribution in [0.25, 0.3) is 11.0 Å². The van der Waals surface area contributed by atoms with Gasteiger partial charge in [-0.3, -0.25) is 0 Å². The molecule has 1 fully saturated rings. The normalized spacial score (nSPS) is 23.9. The number of aromatic nitrogens is 2. The van der Waals surface area contributed by atoms with Crippen molar-refractivity contribution >= 4 is 27.0 Å². The van der Waals surface area contributed by atoms with Gasteiger partial charge in [0.1, 0.15) is 5.82 Å². The number of hydrogen-bond donors (Lipinski definition) is 2. The van der Waals surface area contributed by atoms with E-state index in [1.807, 2.05) is 6.07 Å². The van der Waals surface area contributed by atoms with Crippen LogP contribution in [-0.2, 0) is 5.41 Å². The molecule has 1 unspecified atom stereocenters. The minimum Gasteiger partial charge on any atom is -0.341 e. The van der Waals surface area contributed by atoms with Gasteiger partial charge in [-0.15, -0.1) is 0 Å². The summed E-state index contributed by atoms with van der Waals surface area (Å²) in [7, 11) is 0. The molecule has 1 aromatic carbocycles. The number of imidazole rings is 1. The Hall–Kier alpha value is -0.870. The van der Waals surface area contributed by atoms with Gasteiger partial charge in [0, 0.05) is 16.4 Å². The highest BCUT2D eigenvalue weighted by atomic mass is 79.9. The molecule has 1 aliphatic heterocycles. The molecule has 0 aliphatic carbocycles. The summed E-state index contributed by atoms with van der Waals surface area (Å²) < 4.78 is 1.10. The highest BCUT2D eigenvalue weighted by Gasteiger charge is 2.37. The third-order valence-corrected chi connectivity index (χ3v) is 4.41. The molecule has 2 heterocycles. The van der Waals surface area contributed by atoms with Gasteiger partial charge < -0.3 is 10.3 Å². The third-order valence-electron chi connectivity index (χ3n) is 3.92. The highest BCUT2D eigenvalue weighted by molar-refractivity contribution is 9.10. The fourth-order valence-electron chi connectivity index (χ4n) is 2.99. The molecule has 4 heteroatoms. The Morgan fingerprint density at radius 1 is 1.44 bits per heavy atom. The Kier molecular flexibility index (Phi) is 3.16. The molecule has 96 valence electrons. The number of halogens is 1. The first-order chi connectivity index (χ1) is 8.73. The summed E-state index contributed by atoms with van der Waals surface area (Å²) in [5.74, 6) is 1.16. The predicted molar refractivity (Wildman–Crippen MR) is 77.9 cm³/mol.